The molecule has 1 aliphatic heterocycles. The zero-order valence-corrected chi connectivity index (χ0v) is 16.2. The van der Waals surface area contributed by atoms with E-state index >= 15 is 0 Å². The van der Waals surface area contributed by atoms with Crippen molar-refractivity contribution in [3.8, 4) is 6.01 Å². The summed E-state index contributed by atoms with van der Waals surface area (Å²) in [6.07, 6.45) is 0.697. The number of carbonyl (C=O) groups excluding carboxylic acids is 1. The average Bonchev–Trinajstić information content (AvgIpc) is 3.14. The van der Waals surface area contributed by atoms with Gasteiger partial charge in [0.1, 0.15) is 6.10 Å². The number of aryl methyl sites for hydroxylation is 2. The molecule has 6 heteroatoms. The van der Waals surface area contributed by atoms with Crippen LogP contribution in [-0.4, -0.2) is 40.1 Å². The quantitative estimate of drug-likeness (QED) is 0.755. The number of carbonyl (C=O) groups is 1. The van der Waals surface area contributed by atoms with Crippen molar-refractivity contribution in [1.82, 2.24) is 20.2 Å². The normalized spacial score (nSPS) is 16.4. The third-order valence-electron chi connectivity index (χ3n) is 4.98. The summed E-state index contributed by atoms with van der Waals surface area (Å²) in [5.41, 5.74) is 2.87. The van der Waals surface area contributed by atoms with Crippen LogP contribution in [0.5, 0.6) is 6.01 Å². The molecular formula is C22H24N4O2. The smallest absolute Gasteiger partial charge is 0.317 e. The van der Waals surface area contributed by atoms with Crippen LogP contribution in [0.25, 0.3) is 10.8 Å². The Morgan fingerprint density at radius 1 is 1.14 bits per heavy atom. The monoisotopic (exact) mass is 376 g/mol. The molecule has 2 heterocycles. The number of nitrogens with one attached hydrogen (secondary N) is 1. The maximum atomic E-state index is 12.6. The fourth-order valence-electron chi connectivity index (χ4n) is 3.63. The van der Waals surface area contributed by atoms with Gasteiger partial charge in [0.2, 0.25) is 0 Å². The highest BCUT2D eigenvalue weighted by atomic mass is 16.5. The minimum absolute atomic E-state index is 0.0691. The van der Waals surface area contributed by atoms with Crippen LogP contribution in [0, 0.1) is 13.8 Å². The molecule has 0 saturated carbocycles. The molecule has 144 valence electrons. The third kappa shape index (κ3) is 4.06. The summed E-state index contributed by atoms with van der Waals surface area (Å²) in [6.45, 7) is 5.55. The Balaban J connectivity index is 1.34. The van der Waals surface area contributed by atoms with E-state index in [-0.39, 0.29) is 12.1 Å². The molecule has 2 aromatic carbocycles. The lowest BCUT2D eigenvalue weighted by Gasteiger charge is -2.18. The summed E-state index contributed by atoms with van der Waals surface area (Å²) >= 11 is 0. The van der Waals surface area contributed by atoms with Crippen molar-refractivity contribution in [3.63, 3.8) is 0 Å². The van der Waals surface area contributed by atoms with Gasteiger partial charge in [0.05, 0.1) is 6.54 Å². The summed E-state index contributed by atoms with van der Waals surface area (Å²) in [7, 11) is 0. The number of amides is 2. The standard InChI is InChI=1S/C22H24N4O2/c1-15-12-16(2)25-21(24-15)28-19-10-11-26(14-19)22(27)23-13-18-8-5-7-17-6-3-4-9-20(17)18/h3-9,12,19H,10-11,13-14H2,1-2H3,(H,23,27). The third-order valence-corrected chi connectivity index (χ3v) is 4.98. The van der Waals surface area contributed by atoms with Gasteiger partial charge in [0.15, 0.2) is 0 Å². The molecule has 1 saturated heterocycles. The lowest BCUT2D eigenvalue weighted by Crippen LogP contribution is -2.39. The molecule has 0 bridgehead atoms. The molecular weight excluding hydrogens is 352 g/mol. The van der Waals surface area contributed by atoms with Crippen molar-refractivity contribution in [2.24, 2.45) is 0 Å². The fraction of sp³-hybridized carbons (Fsp3) is 0.318. The molecule has 1 aromatic heterocycles. The number of likely N-dealkylation sites (tertiary alicyclic amines) is 1. The first-order valence-corrected chi connectivity index (χ1v) is 9.57. The molecule has 0 spiro atoms. The summed E-state index contributed by atoms with van der Waals surface area (Å²) < 4.78 is 5.89. The highest BCUT2D eigenvalue weighted by Gasteiger charge is 2.28. The number of ether oxygens (including phenoxy) is 1. The minimum atomic E-state index is -0.0792. The Morgan fingerprint density at radius 2 is 1.89 bits per heavy atom. The van der Waals surface area contributed by atoms with E-state index < -0.39 is 0 Å². The van der Waals surface area contributed by atoms with E-state index in [9.17, 15) is 4.79 Å². The molecule has 28 heavy (non-hydrogen) atoms. The van der Waals surface area contributed by atoms with Crippen molar-refractivity contribution in [1.29, 1.82) is 0 Å². The van der Waals surface area contributed by atoms with Gasteiger partial charge in [-0.3, -0.25) is 0 Å². The maximum Gasteiger partial charge on any atom is 0.317 e. The summed E-state index contributed by atoms with van der Waals surface area (Å²) in [5, 5.41) is 5.38. The van der Waals surface area contributed by atoms with Crippen molar-refractivity contribution < 1.29 is 9.53 Å². The van der Waals surface area contributed by atoms with Crippen LogP contribution < -0.4 is 10.1 Å². The first kappa shape index (κ1) is 18.2. The molecule has 6 nitrogen and oxygen atoms in total. The molecule has 3 aromatic rings. The lowest BCUT2D eigenvalue weighted by molar-refractivity contribution is 0.177. The second-order valence-corrected chi connectivity index (χ2v) is 7.20. The topological polar surface area (TPSA) is 67.3 Å². The van der Waals surface area contributed by atoms with Crippen molar-refractivity contribution >= 4 is 16.8 Å². The first-order chi connectivity index (χ1) is 13.6. The van der Waals surface area contributed by atoms with Crippen molar-refractivity contribution in [2.45, 2.75) is 32.9 Å². The van der Waals surface area contributed by atoms with Crippen molar-refractivity contribution in [3.05, 3.63) is 65.5 Å². The van der Waals surface area contributed by atoms with Gasteiger partial charge >= 0.3 is 12.0 Å². The zero-order valence-electron chi connectivity index (χ0n) is 16.2. The van der Waals surface area contributed by atoms with Gasteiger partial charge in [-0.05, 0) is 36.2 Å². The predicted octanol–water partition coefficient (Wildman–Crippen LogP) is 3.61. The van der Waals surface area contributed by atoms with Crippen LogP contribution in [0.4, 0.5) is 4.79 Å². The molecule has 4 rings (SSSR count). The van der Waals surface area contributed by atoms with Crippen molar-refractivity contribution in [2.75, 3.05) is 13.1 Å². The molecule has 1 aliphatic rings. The number of benzene rings is 2. The predicted molar refractivity (Wildman–Crippen MR) is 108 cm³/mol. The second kappa shape index (κ2) is 7.84. The van der Waals surface area contributed by atoms with Crippen LogP contribution in [0.15, 0.2) is 48.5 Å². The lowest BCUT2D eigenvalue weighted by atomic mass is 10.0. The number of hydrogen-bond acceptors (Lipinski definition) is 4. The average molecular weight is 376 g/mol. The van der Waals surface area contributed by atoms with E-state index in [1.54, 1.807) is 4.90 Å². The van der Waals surface area contributed by atoms with Gasteiger partial charge in [0.25, 0.3) is 0 Å². The minimum Gasteiger partial charge on any atom is -0.458 e. The Kier molecular flexibility index (Phi) is 5.10. The van der Waals surface area contributed by atoms with Crippen LogP contribution in [0.2, 0.25) is 0 Å². The second-order valence-electron chi connectivity index (χ2n) is 7.20. The zero-order chi connectivity index (χ0) is 19.5. The largest absolute Gasteiger partial charge is 0.458 e. The molecule has 2 amide bonds. The molecule has 1 fully saturated rings. The number of urea groups is 1. The van der Waals surface area contributed by atoms with E-state index in [0.717, 1.165) is 23.4 Å². The first-order valence-electron chi connectivity index (χ1n) is 9.57. The Hall–Kier alpha value is -3.15. The molecule has 1 unspecified atom stereocenters. The number of nitrogens with zero attached hydrogens (tertiary/aromatic N) is 3. The summed E-state index contributed by atoms with van der Waals surface area (Å²) in [6, 6.07) is 16.6. The van der Waals surface area contributed by atoms with E-state index in [0.29, 0.717) is 25.6 Å². The molecule has 0 radical (unpaired) electrons. The molecule has 1 atom stereocenters. The highest BCUT2D eigenvalue weighted by Crippen LogP contribution is 2.19. The van der Waals surface area contributed by atoms with Gasteiger partial charge in [-0.1, -0.05) is 42.5 Å². The fourth-order valence-corrected chi connectivity index (χ4v) is 3.63. The van der Waals surface area contributed by atoms with E-state index in [1.807, 2.05) is 38.1 Å². The Morgan fingerprint density at radius 3 is 2.71 bits per heavy atom. The van der Waals surface area contributed by atoms with Gasteiger partial charge in [-0.15, -0.1) is 0 Å². The highest BCUT2D eigenvalue weighted by molar-refractivity contribution is 5.86. The van der Waals surface area contributed by atoms with Crippen LogP contribution in [0.3, 0.4) is 0 Å². The summed E-state index contributed by atoms with van der Waals surface area (Å²) in [5.74, 6) is 0. The van der Waals surface area contributed by atoms with Gasteiger partial charge in [0, 0.05) is 30.9 Å². The van der Waals surface area contributed by atoms with Gasteiger partial charge in [-0.25, -0.2) is 14.8 Å². The number of hydrogen-bond donors (Lipinski definition) is 1. The van der Waals surface area contributed by atoms with E-state index in [4.69, 9.17) is 4.74 Å². The van der Waals surface area contributed by atoms with Crippen LogP contribution >= 0.6 is 0 Å². The maximum absolute atomic E-state index is 12.6. The Labute approximate surface area is 164 Å². The molecule has 0 aliphatic carbocycles. The molecule has 1 N–H and O–H groups in total. The van der Waals surface area contributed by atoms with E-state index in [1.165, 1.54) is 10.8 Å². The number of rotatable bonds is 4. The number of aromatic nitrogens is 2. The van der Waals surface area contributed by atoms with Crippen LogP contribution in [-0.2, 0) is 6.54 Å². The SMILES string of the molecule is Cc1cc(C)nc(OC2CCN(C(=O)NCc3cccc4ccccc34)C2)n1. The summed E-state index contributed by atoms with van der Waals surface area (Å²) in [4.78, 5) is 23.0. The Bertz CT molecular complexity index is 979. The van der Waals surface area contributed by atoms with E-state index in [2.05, 4.69) is 39.6 Å². The number of fused-ring (bicyclic) bond motifs is 1. The van der Waals surface area contributed by atoms with Gasteiger partial charge < -0.3 is 15.0 Å². The van der Waals surface area contributed by atoms with Gasteiger partial charge in [-0.2, -0.15) is 0 Å². The van der Waals surface area contributed by atoms with Crippen LogP contribution in [0.1, 0.15) is 23.4 Å².